The molecule has 1 aromatic carbocycles. The van der Waals surface area contributed by atoms with Gasteiger partial charge in [-0.1, -0.05) is 6.07 Å². The summed E-state index contributed by atoms with van der Waals surface area (Å²) in [6, 6.07) is 6.08. The molecule has 5 heteroatoms. The molecule has 0 aliphatic carbocycles. The van der Waals surface area contributed by atoms with E-state index in [0.717, 1.165) is 23.0 Å². The molecule has 0 fully saturated rings. The molecule has 1 N–H and O–H groups in total. The van der Waals surface area contributed by atoms with E-state index in [2.05, 4.69) is 10.3 Å². The largest absolute Gasteiger partial charge is 0.342 e. The van der Waals surface area contributed by atoms with Gasteiger partial charge in [0.2, 0.25) is 0 Å². The van der Waals surface area contributed by atoms with Crippen LogP contribution in [0.4, 0.5) is 4.79 Å². The van der Waals surface area contributed by atoms with Gasteiger partial charge in [0.15, 0.2) is 0 Å². The molecule has 1 aromatic heterocycles. The summed E-state index contributed by atoms with van der Waals surface area (Å²) >= 11 is 5.18. The lowest BCUT2D eigenvalue weighted by molar-refractivity contribution is 0.260. The summed E-state index contributed by atoms with van der Waals surface area (Å²) in [5.74, 6) is 0. The highest BCUT2D eigenvalue weighted by molar-refractivity contribution is 6.62. The first-order valence-electron chi connectivity index (χ1n) is 5.00. The van der Waals surface area contributed by atoms with Crippen molar-refractivity contribution in [3.63, 3.8) is 0 Å². The van der Waals surface area contributed by atoms with Gasteiger partial charge in [0, 0.05) is 13.6 Å². The predicted molar refractivity (Wildman–Crippen MR) is 63.7 cm³/mol. The maximum absolute atomic E-state index is 10.5. The van der Waals surface area contributed by atoms with Gasteiger partial charge in [0.25, 0.3) is 0 Å². The Bertz CT molecular complexity index is 521. The number of hydrogen-bond acceptors (Lipinski definition) is 2. The highest BCUT2D eigenvalue weighted by Gasteiger charge is 2.01. The number of nitrogens with zero attached hydrogens (tertiary/aromatic N) is 2. The quantitative estimate of drug-likeness (QED) is 0.656. The van der Waals surface area contributed by atoms with E-state index in [-0.39, 0.29) is 0 Å². The number of benzene rings is 1. The summed E-state index contributed by atoms with van der Waals surface area (Å²) in [6.45, 7) is 0.542. The smallest absolute Gasteiger partial charge is 0.313 e. The van der Waals surface area contributed by atoms with Gasteiger partial charge in [0.05, 0.1) is 17.4 Å². The van der Waals surface area contributed by atoms with Crippen molar-refractivity contribution in [1.29, 1.82) is 0 Å². The Morgan fingerprint density at radius 2 is 2.38 bits per heavy atom. The minimum atomic E-state index is -0.515. The van der Waals surface area contributed by atoms with Crippen LogP contribution < -0.4 is 5.32 Å². The first-order valence-corrected chi connectivity index (χ1v) is 5.38. The van der Waals surface area contributed by atoms with Crippen LogP contribution in [0.2, 0.25) is 0 Å². The fourth-order valence-corrected chi connectivity index (χ4v) is 1.74. The van der Waals surface area contributed by atoms with Crippen LogP contribution in [0.25, 0.3) is 11.0 Å². The summed E-state index contributed by atoms with van der Waals surface area (Å²) in [4.78, 5) is 14.8. The molecule has 16 heavy (non-hydrogen) atoms. The number of imidazole rings is 1. The van der Waals surface area contributed by atoms with Gasteiger partial charge in [-0.05, 0) is 35.7 Å². The van der Waals surface area contributed by atoms with Crippen LogP contribution in [-0.2, 0) is 13.5 Å². The topological polar surface area (TPSA) is 46.9 Å². The highest BCUT2D eigenvalue weighted by Crippen LogP contribution is 2.13. The monoisotopic (exact) mass is 237 g/mol. The number of aromatic nitrogens is 2. The number of amides is 1. The van der Waals surface area contributed by atoms with Crippen LogP contribution in [0.3, 0.4) is 0 Å². The van der Waals surface area contributed by atoms with Gasteiger partial charge >= 0.3 is 5.37 Å². The standard InChI is InChI=1S/C11H12ClN3O/c1-15-7-14-9-6-8(2-3-10(9)15)4-5-13-11(12)16/h2-3,6-7H,4-5H2,1H3,(H,13,16). The number of carbonyl (C=O) groups is 1. The Labute approximate surface area is 98.2 Å². The third-order valence-electron chi connectivity index (χ3n) is 2.47. The number of aryl methyl sites for hydroxylation is 1. The number of halogens is 1. The molecular weight excluding hydrogens is 226 g/mol. The molecular formula is C11H12ClN3O. The zero-order chi connectivity index (χ0) is 11.5. The molecule has 2 aromatic rings. The van der Waals surface area contributed by atoms with Crippen LogP contribution in [0.5, 0.6) is 0 Å². The Morgan fingerprint density at radius 3 is 3.12 bits per heavy atom. The van der Waals surface area contributed by atoms with Crippen molar-refractivity contribution < 1.29 is 4.79 Å². The third kappa shape index (κ3) is 2.33. The molecule has 0 aliphatic heterocycles. The lowest BCUT2D eigenvalue weighted by Gasteiger charge is -2.02. The van der Waals surface area contributed by atoms with Crippen LogP contribution >= 0.6 is 11.6 Å². The fourth-order valence-electron chi connectivity index (χ4n) is 1.64. The van der Waals surface area contributed by atoms with Gasteiger partial charge in [0.1, 0.15) is 0 Å². The SMILES string of the molecule is Cn1cnc2cc(CCNC(=O)Cl)ccc21. The van der Waals surface area contributed by atoms with E-state index in [1.807, 2.05) is 29.8 Å². The van der Waals surface area contributed by atoms with Gasteiger partial charge in [-0.3, -0.25) is 4.79 Å². The van der Waals surface area contributed by atoms with E-state index >= 15 is 0 Å². The number of fused-ring (bicyclic) bond motifs is 1. The van der Waals surface area contributed by atoms with E-state index in [1.165, 1.54) is 0 Å². The minimum Gasteiger partial charge on any atom is -0.342 e. The Morgan fingerprint density at radius 1 is 1.56 bits per heavy atom. The van der Waals surface area contributed by atoms with Gasteiger partial charge in [-0.2, -0.15) is 0 Å². The van der Waals surface area contributed by atoms with Crippen molar-refractivity contribution in [2.24, 2.45) is 7.05 Å². The number of carbonyl (C=O) groups excluding carboxylic acids is 1. The zero-order valence-electron chi connectivity index (χ0n) is 8.90. The van der Waals surface area contributed by atoms with Crippen molar-refractivity contribution in [3.8, 4) is 0 Å². The zero-order valence-corrected chi connectivity index (χ0v) is 9.66. The number of hydrogen-bond donors (Lipinski definition) is 1. The van der Waals surface area contributed by atoms with E-state index in [0.29, 0.717) is 6.54 Å². The summed E-state index contributed by atoms with van der Waals surface area (Å²) in [7, 11) is 1.96. The van der Waals surface area contributed by atoms with Crippen molar-refractivity contribution in [2.75, 3.05) is 6.54 Å². The second kappa shape index (κ2) is 4.53. The molecule has 0 radical (unpaired) electrons. The lowest BCUT2D eigenvalue weighted by Crippen LogP contribution is -2.19. The highest BCUT2D eigenvalue weighted by atomic mass is 35.5. The average molecular weight is 238 g/mol. The molecule has 0 aliphatic rings. The van der Waals surface area contributed by atoms with E-state index in [1.54, 1.807) is 6.33 Å². The molecule has 2 rings (SSSR count). The fraction of sp³-hybridized carbons (Fsp3) is 0.273. The molecule has 0 saturated carbocycles. The Hall–Kier alpha value is -1.55. The predicted octanol–water partition coefficient (Wildman–Crippen LogP) is 2.06. The summed E-state index contributed by atoms with van der Waals surface area (Å²) in [5, 5.41) is 2.03. The first-order chi connectivity index (χ1) is 7.66. The normalized spacial score (nSPS) is 10.6. The number of nitrogens with one attached hydrogen (secondary N) is 1. The molecule has 84 valence electrons. The van der Waals surface area contributed by atoms with Crippen molar-refractivity contribution in [2.45, 2.75) is 6.42 Å². The summed E-state index contributed by atoms with van der Waals surface area (Å²) < 4.78 is 1.97. The van der Waals surface area contributed by atoms with Crippen molar-refractivity contribution in [1.82, 2.24) is 14.9 Å². The molecule has 1 heterocycles. The van der Waals surface area contributed by atoms with Crippen LogP contribution in [0.15, 0.2) is 24.5 Å². The molecule has 0 unspecified atom stereocenters. The molecule has 1 amide bonds. The molecule has 0 spiro atoms. The van der Waals surface area contributed by atoms with Crippen LogP contribution in [-0.4, -0.2) is 21.5 Å². The minimum absolute atomic E-state index is 0.515. The van der Waals surface area contributed by atoms with Crippen molar-refractivity contribution in [3.05, 3.63) is 30.1 Å². The maximum Gasteiger partial charge on any atom is 0.313 e. The summed E-state index contributed by atoms with van der Waals surface area (Å²) in [5.41, 5.74) is 3.21. The summed E-state index contributed by atoms with van der Waals surface area (Å²) in [6.07, 6.45) is 2.54. The van der Waals surface area contributed by atoms with Crippen molar-refractivity contribution >= 4 is 28.0 Å². The Kier molecular flexibility index (Phi) is 3.10. The Balaban J connectivity index is 2.11. The van der Waals surface area contributed by atoms with E-state index in [4.69, 9.17) is 11.6 Å². The van der Waals surface area contributed by atoms with Crippen LogP contribution in [0.1, 0.15) is 5.56 Å². The molecule has 0 bridgehead atoms. The van der Waals surface area contributed by atoms with Gasteiger partial charge in [-0.25, -0.2) is 4.98 Å². The second-order valence-electron chi connectivity index (χ2n) is 3.63. The van der Waals surface area contributed by atoms with E-state index < -0.39 is 5.37 Å². The van der Waals surface area contributed by atoms with Gasteiger partial charge < -0.3 is 9.88 Å². The lowest BCUT2D eigenvalue weighted by atomic mass is 10.1. The molecule has 0 saturated heterocycles. The number of rotatable bonds is 3. The molecule has 0 atom stereocenters. The second-order valence-corrected chi connectivity index (χ2v) is 3.97. The van der Waals surface area contributed by atoms with E-state index in [9.17, 15) is 4.79 Å². The maximum atomic E-state index is 10.5. The average Bonchev–Trinajstić information content (AvgIpc) is 2.60. The molecule has 4 nitrogen and oxygen atoms in total. The van der Waals surface area contributed by atoms with Gasteiger partial charge in [-0.15, -0.1) is 0 Å². The van der Waals surface area contributed by atoms with Crippen LogP contribution in [0, 0.1) is 0 Å². The first kappa shape index (κ1) is 11.0. The third-order valence-corrected chi connectivity index (χ3v) is 2.60.